The second-order valence-corrected chi connectivity index (χ2v) is 32.7. The van der Waals surface area contributed by atoms with Crippen LogP contribution in [0.15, 0.2) is 35.2 Å². The van der Waals surface area contributed by atoms with E-state index < -0.39 is 40.9 Å². The summed E-state index contributed by atoms with van der Waals surface area (Å²) in [5, 5.41) is 0.100. The first-order valence-electron chi connectivity index (χ1n) is 17.5. The van der Waals surface area contributed by atoms with Gasteiger partial charge in [-0.1, -0.05) is 80.5 Å². The molecule has 0 bridgehead atoms. The lowest BCUT2D eigenvalue weighted by atomic mass is 9.94. The van der Waals surface area contributed by atoms with Gasteiger partial charge in [0.05, 0.1) is 41.7 Å². The molecule has 1 aromatic carbocycles. The van der Waals surface area contributed by atoms with Crippen LogP contribution < -0.4 is 0 Å². The zero-order chi connectivity index (χ0) is 35.2. The van der Waals surface area contributed by atoms with E-state index in [4.69, 9.17) is 22.8 Å². The summed E-state index contributed by atoms with van der Waals surface area (Å²) in [7, 11) is -7.89. The fraction of sp³-hybridized carbons (Fsp3) is 0.829. The van der Waals surface area contributed by atoms with Crippen LogP contribution in [0.2, 0.25) is 54.4 Å². The van der Waals surface area contributed by atoms with Gasteiger partial charge in [-0.15, -0.1) is 0 Å². The fourth-order valence-corrected chi connectivity index (χ4v) is 12.6. The molecule has 0 radical (unpaired) electrons. The average Bonchev–Trinajstić information content (AvgIpc) is 3.28. The summed E-state index contributed by atoms with van der Waals surface area (Å²) in [6.07, 6.45) is -0.00768. The molecule has 0 spiro atoms. The molecular formula is C35H68O7SSi3. The maximum atomic E-state index is 13.7. The SMILES string of the molecule is CC[Si](CC)(CC)OCC[C@@H]1O[C@H](CC(CO[Si](C)(C)C(C)(C)C)O[Si](C)(C)C(C)(C)C)[C@H](OC)[C@H]1CS(=O)(=O)c1ccccc1. The lowest BCUT2D eigenvalue weighted by Gasteiger charge is -2.42. The highest BCUT2D eigenvalue weighted by Gasteiger charge is 2.49. The van der Waals surface area contributed by atoms with Crippen LogP contribution in [0.4, 0.5) is 0 Å². The second kappa shape index (κ2) is 16.6. The van der Waals surface area contributed by atoms with Crippen LogP contribution in [0, 0.1) is 5.92 Å². The lowest BCUT2D eigenvalue weighted by molar-refractivity contribution is -0.0393. The standard InChI is InChI=1S/C35H68O7SSi3/c1-15-46(16-2,17-3)39-24-23-31-30(27-43(36,37)29-21-19-18-20-22-29)33(38-10)32(41-31)25-28(42-45(13,14)35(7,8)9)26-40-44(11,12)34(4,5)6/h18-22,28,30-33H,15-17,23-27H2,1-14H3/t28?,30-,31-,32+,33+/m0/s1. The molecule has 0 saturated carbocycles. The molecule has 1 heterocycles. The van der Waals surface area contributed by atoms with Crippen LogP contribution in [0.1, 0.15) is 75.2 Å². The van der Waals surface area contributed by atoms with Crippen LogP contribution in [0.3, 0.4) is 0 Å². The van der Waals surface area contributed by atoms with Gasteiger partial charge in [-0.25, -0.2) is 8.42 Å². The summed E-state index contributed by atoms with van der Waals surface area (Å²) in [5.74, 6) is -0.373. The van der Waals surface area contributed by atoms with E-state index in [1.54, 1.807) is 31.4 Å². The number of ether oxygens (including phenoxy) is 2. The van der Waals surface area contributed by atoms with Crippen molar-refractivity contribution < 1.29 is 31.2 Å². The first-order valence-corrected chi connectivity index (χ1v) is 27.5. The molecule has 5 atom stereocenters. The number of benzene rings is 1. The van der Waals surface area contributed by atoms with E-state index in [0.29, 0.717) is 31.0 Å². The number of hydrogen-bond donors (Lipinski definition) is 0. The minimum absolute atomic E-state index is 0.0276. The van der Waals surface area contributed by atoms with Crippen molar-refractivity contribution in [3.8, 4) is 0 Å². The molecular weight excluding hydrogens is 649 g/mol. The van der Waals surface area contributed by atoms with Gasteiger partial charge in [-0.2, -0.15) is 0 Å². The Bertz CT molecular complexity index is 1150. The molecule has 2 rings (SSSR count). The minimum atomic E-state index is -3.57. The molecule has 1 fully saturated rings. The van der Waals surface area contributed by atoms with E-state index in [1.807, 2.05) is 6.07 Å². The third-order valence-corrected chi connectivity index (χ3v) is 26.9. The monoisotopic (exact) mass is 716 g/mol. The van der Waals surface area contributed by atoms with E-state index in [1.165, 1.54) is 0 Å². The highest BCUT2D eigenvalue weighted by molar-refractivity contribution is 7.91. The highest BCUT2D eigenvalue weighted by Crippen LogP contribution is 2.42. The number of hydrogen-bond acceptors (Lipinski definition) is 7. The van der Waals surface area contributed by atoms with Crippen molar-refractivity contribution in [1.29, 1.82) is 0 Å². The van der Waals surface area contributed by atoms with Crippen molar-refractivity contribution in [2.24, 2.45) is 5.92 Å². The molecule has 1 aliphatic heterocycles. The maximum Gasteiger partial charge on any atom is 0.192 e. The van der Waals surface area contributed by atoms with E-state index in [9.17, 15) is 8.42 Å². The van der Waals surface area contributed by atoms with Gasteiger partial charge in [0.2, 0.25) is 0 Å². The van der Waals surface area contributed by atoms with Crippen molar-refractivity contribution in [3.05, 3.63) is 30.3 Å². The lowest BCUT2D eigenvalue weighted by Crippen LogP contribution is -2.49. The van der Waals surface area contributed by atoms with Gasteiger partial charge >= 0.3 is 0 Å². The normalized spacial score (nSPS) is 22.7. The third-order valence-electron chi connectivity index (χ3n) is 11.3. The molecule has 0 aromatic heterocycles. The number of sulfone groups is 1. The van der Waals surface area contributed by atoms with E-state index in [2.05, 4.69) is 88.5 Å². The van der Waals surface area contributed by atoms with E-state index >= 15 is 0 Å². The molecule has 0 amide bonds. The summed E-state index contributed by atoms with van der Waals surface area (Å²) in [6.45, 7) is 30.3. The largest absolute Gasteiger partial charge is 0.417 e. The Hall–Kier alpha value is -0.379. The van der Waals surface area contributed by atoms with Gasteiger partial charge in [-0.3, -0.25) is 0 Å². The minimum Gasteiger partial charge on any atom is -0.417 e. The Balaban J connectivity index is 2.43. The van der Waals surface area contributed by atoms with Gasteiger partial charge in [-0.05, 0) is 73.0 Å². The Morgan fingerprint density at radius 3 is 1.85 bits per heavy atom. The molecule has 1 unspecified atom stereocenters. The Kier molecular flexibility index (Phi) is 15.0. The maximum absolute atomic E-state index is 13.7. The molecule has 7 nitrogen and oxygen atoms in total. The Labute approximate surface area is 286 Å². The van der Waals surface area contributed by atoms with Crippen molar-refractivity contribution in [1.82, 2.24) is 0 Å². The molecule has 0 N–H and O–H groups in total. The Morgan fingerprint density at radius 1 is 0.826 bits per heavy atom. The van der Waals surface area contributed by atoms with Crippen molar-refractivity contribution >= 4 is 34.8 Å². The molecule has 0 aliphatic carbocycles. The summed E-state index contributed by atoms with van der Waals surface area (Å²) in [4.78, 5) is 0.333. The van der Waals surface area contributed by atoms with Gasteiger partial charge < -0.3 is 22.8 Å². The zero-order valence-corrected chi connectivity index (χ0v) is 35.5. The smallest absolute Gasteiger partial charge is 0.192 e. The molecule has 1 aliphatic rings. The number of methoxy groups -OCH3 is 1. The summed E-state index contributed by atoms with van der Waals surface area (Å²) >= 11 is 0. The van der Waals surface area contributed by atoms with Crippen LogP contribution in [-0.2, 0) is 32.6 Å². The molecule has 11 heteroatoms. The molecule has 268 valence electrons. The second-order valence-electron chi connectivity index (χ2n) is 16.4. The van der Waals surface area contributed by atoms with Gasteiger partial charge in [0.1, 0.15) is 0 Å². The van der Waals surface area contributed by atoms with Crippen molar-refractivity contribution in [3.63, 3.8) is 0 Å². The molecule has 1 saturated heterocycles. The van der Waals surface area contributed by atoms with Crippen molar-refractivity contribution in [2.75, 3.05) is 26.1 Å². The summed E-state index contributed by atoms with van der Waals surface area (Å²) in [6, 6.07) is 11.9. The predicted octanol–water partition coefficient (Wildman–Crippen LogP) is 9.07. The quantitative estimate of drug-likeness (QED) is 0.140. The highest BCUT2D eigenvalue weighted by atomic mass is 32.2. The van der Waals surface area contributed by atoms with Crippen LogP contribution >= 0.6 is 0 Å². The van der Waals surface area contributed by atoms with Gasteiger partial charge in [0, 0.05) is 26.1 Å². The predicted molar refractivity (Wildman–Crippen MR) is 199 cm³/mol. The van der Waals surface area contributed by atoms with Gasteiger partial charge in [0.15, 0.2) is 34.8 Å². The van der Waals surface area contributed by atoms with E-state index in [-0.39, 0.29) is 40.1 Å². The van der Waals surface area contributed by atoms with E-state index in [0.717, 1.165) is 18.1 Å². The average molecular weight is 717 g/mol. The third kappa shape index (κ3) is 10.8. The summed E-state index contributed by atoms with van der Waals surface area (Å²) in [5.41, 5.74) is 0. The zero-order valence-electron chi connectivity index (χ0n) is 31.7. The summed E-state index contributed by atoms with van der Waals surface area (Å²) < 4.78 is 60.9. The van der Waals surface area contributed by atoms with Crippen molar-refractivity contribution in [2.45, 2.75) is 159 Å². The fourth-order valence-electron chi connectivity index (χ4n) is 5.84. The molecule has 46 heavy (non-hydrogen) atoms. The molecule has 1 aromatic rings. The van der Waals surface area contributed by atoms with Crippen LogP contribution in [0.5, 0.6) is 0 Å². The Morgan fingerprint density at radius 2 is 1.37 bits per heavy atom. The van der Waals surface area contributed by atoms with Crippen LogP contribution in [-0.4, -0.2) is 83.9 Å². The first kappa shape index (κ1) is 41.8. The topological polar surface area (TPSA) is 80.3 Å². The van der Waals surface area contributed by atoms with Crippen LogP contribution in [0.25, 0.3) is 0 Å². The van der Waals surface area contributed by atoms with Gasteiger partial charge in [0.25, 0.3) is 0 Å². The number of rotatable bonds is 18. The first-order chi connectivity index (χ1) is 21.1.